The number of benzene rings is 2. The molecule has 2 aromatic carbocycles. The van der Waals surface area contributed by atoms with Crippen LogP contribution in [-0.4, -0.2) is 86.7 Å². The topological polar surface area (TPSA) is 81.2 Å². The number of rotatable bonds is 2. The number of fused-ring (bicyclic) bond motifs is 4. The van der Waals surface area contributed by atoms with E-state index in [0.717, 1.165) is 98.3 Å². The van der Waals surface area contributed by atoms with Crippen LogP contribution in [0.25, 0.3) is 11.3 Å². The van der Waals surface area contributed by atoms with Crippen LogP contribution in [0.5, 0.6) is 11.5 Å². The van der Waals surface area contributed by atoms with E-state index in [1.54, 1.807) is 0 Å². The van der Waals surface area contributed by atoms with Gasteiger partial charge >= 0.3 is 0 Å². The molecule has 1 aliphatic carbocycles. The molecule has 3 aromatic rings. The number of aryl methyl sites for hydroxylation is 2. The molecule has 0 radical (unpaired) electrons. The first-order chi connectivity index (χ1) is 19.3. The molecule has 0 spiro atoms. The zero-order chi connectivity index (χ0) is 26.0. The fraction of sp³-hybridized carbons (Fsp3) is 0.467. The molecule has 2 saturated heterocycles. The molecular weight excluding hydrogens is 494 g/mol. The van der Waals surface area contributed by atoms with Gasteiger partial charge in [0.2, 0.25) is 5.95 Å². The van der Waals surface area contributed by atoms with E-state index in [0.29, 0.717) is 38.4 Å². The van der Waals surface area contributed by atoms with E-state index in [4.69, 9.17) is 23.9 Å². The minimum Gasteiger partial charge on any atom is -0.491 e. The lowest BCUT2D eigenvalue weighted by molar-refractivity contribution is 0.0209. The average Bonchev–Trinajstić information content (AvgIpc) is 3.47. The zero-order valence-corrected chi connectivity index (χ0v) is 22.2. The van der Waals surface area contributed by atoms with E-state index in [9.17, 15) is 0 Å². The third-order valence-corrected chi connectivity index (χ3v) is 8.13. The molecule has 0 amide bonds. The molecule has 1 unspecified atom stereocenters. The average molecular weight is 530 g/mol. The van der Waals surface area contributed by atoms with Gasteiger partial charge in [0.05, 0.1) is 37.8 Å². The number of hydrogen-bond donors (Lipinski definition) is 1. The van der Waals surface area contributed by atoms with Crippen LogP contribution >= 0.6 is 0 Å². The highest BCUT2D eigenvalue weighted by Crippen LogP contribution is 2.37. The van der Waals surface area contributed by atoms with E-state index in [-0.39, 0.29) is 0 Å². The molecule has 0 saturated carbocycles. The molecule has 1 atom stereocenters. The van der Waals surface area contributed by atoms with Gasteiger partial charge < -0.3 is 29.2 Å². The van der Waals surface area contributed by atoms with Crippen LogP contribution in [0, 0.1) is 0 Å². The summed E-state index contributed by atoms with van der Waals surface area (Å²) in [7, 11) is 0. The lowest BCUT2D eigenvalue weighted by Gasteiger charge is -2.32. The van der Waals surface area contributed by atoms with Gasteiger partial charge in [0.15, 0.2) is 0 Å². The molecule has 2 fully saturated rings. The van der Waals surface area contributed by atoms with Gasteiger partial charge in [-0.1, -0.05) is 6.07 Å². The van der Waals surface area contributed by atoms with Gasteiger partial charge in [-0.3, -0.25) is 4.90 Å². The summed E-state index contributed by atoms with van der Waals surface area (Å²) in [6.07, 6.45) is 5.01. The Bertz CT molecular complexity index is 1330. The van der Waals surface area contributed by atoms with Crippen LogP contribution in [0.4, 0.5) is 17.3 Å². The van der Waals surface area contributed by atoms with Crippen molar-refractivity contribution >= 4 is 17.3 Å². The number of aromatic nitrogens is 2. The van der Waals surface area contributed by atoms with Gasteiger partial charge in [-0.25, -0.2) is 9.97 Å². The first kappa shape index (κ1) is 24.6. The summed E-state index contributed by atoms with van der Waals surface area (Å²) < 4.78 is 23.7. The quantitative estimate of drug-likeness (QED) is 0.535. The van der Waals surface area contributed by atoms with Crippen molar-refractivity contribution in [2.24, 2.45) is 0 Å². The zero-order valence-electron chi connectivity index (χ0n) is 22.2. The van der Waals surface area contributed by atoms with Crippen molar-refractivity contribution in [2.45, 2.75) is 25.3 Å². The maximum absolute atomic E-state index is 6.31. The molecule has 4 aliphatic rings. The standard InChI is InChI=1S/C30H35N5O4/c1-2-22-19-31-30-32-23-4-6-27(35-8-7-24(20-35)34-9-11-36-12-10-34)28(17-23)39-16-14-37-13-15-38-25-5-3-21(1)26(18-25)29(22)33-30/h3-6,17-19,24H,1-2,7-16,20H2,(H,31,32,33). The minimum atomic E-state index is 0.464. The fourth-order valence-electron chi connectivity index (χ4n) is 6.07. The Morgan fingerprint density at radius 1 is 0.821 bits per heavy atom. The third kappa shape index (κ3) is 5.26. The van der Waals surface area contributed by atoms with Crippen LogP contribution in [-0.2, 0) is 22.3 Å². The summed E-state index contributed by atoms with van der Waals surface area (Å²) in [5.41, 5.74) is 6.55. The Labute approximate surface area is 229 Å². The van der Waals surface area contributed by atoms with Crippen molar-refractivity contribution < 1.29 is 18.9 Å². The highest BCUT2D eigenvalue weighted by atomic mass is 16.5. The van der Waals surface area contributed by atoms with Crippen LogP contribution in [0.1, 0.15) is 17.5 Å². The Morgan fingerprint density at radius 3 is 2.59 bits per heavy atom. The number of nitrogens with one attached hydrogen (secondary N) is 1. The SMILES string of the molecule is c1cc(N2CCC(N3CCOCC3)C2)c2cc1Nc1ncc3c(n1)-c1cc(ccc1CC3)OCCOCCO2. The fourth-order valence-corrected chi connectivity index (χ4v) is 6.07. The van der Waals surface area contributed by atoms with Gasteiger partial charge in [0.25, 0.3) is 0 Å². The number of morpholine rings is 1. The van der Waals surface area contributed by atoms with Gasteiger partial charge in [-0.15, -0.1) is 0 Å². The highest BCUT2D eigenvalue weighted by Gasteiger charge is 2.30. The summed E-state index contributed by atoms with van der Waals surface area (Å²) in [5, 5.41) is 3.43. The van der Waals surface area contributed by atoms with Gasteiger partial charge in [-0.2, -0.15) is 0 Å². The number of nitrogens with zero attached hydrogens (tertiary/aromatic N) is 4. The lowest BCUT2D eigenvalue weighted by Crippen LogP contribution is -2.44. The molecular formula is C30H35N5O4. The minimum absolute atomic E-state index is 0.464. The summed E-state index contributed by atoms with van der Waals surface area (Å²) >= 11 is 0. The molecule has 9 nitrogen and oxygen atoms in total. The number of ether oxygens (including phenoxy) is 4. The molecule has 1 aromatic heterocycles. The maximum atomic E-state index is 6.31. The number of hydrogen-bond acceptors (Lipinski definition) is 9. The van der Waals surface area contributed by atoms with Crippen molar-refractivity contribution in [3.8, 4) is 22.8 Å². The Balaban J connectivity index is 1.17. The van der Waals surface area contributed by atoms with Crippen molar-refractivity contribution in [2.75, 3.05) is 76.0 Å². The molecule has 3 aliphatic heterocycles. The lowest BCUT2D eigenvalue weighted by atomic mass is 9.90. The van der Waals surface area contributed by atoms with Crippen LogP contribution < -0.4 is 19.7 Å². The van der Waals surface area contributed by atoms with E-state index >= 15 is 0 Å². The summed E-state index contributed by atoms with van der Waals surface area (Å²) in [6, 6.07) is 13.1. The van der Waals surface area contributed by atoms with Gasteiger partial charge in [-0.05, 0) is 54.7 Å². The highest BCUT2D eigenvalue weighted by molar-refractivity contribution is 5.73. The van der Waals surface area contributed by atoms with E-state index in [1.807, 2.05) is 12.3 Å². The van der Waals surface area contributed by atoms with Crippen LogP contribution in [0.2, 0.25) is 0 Å². The van der Waals surface area contributed by atoms with Crippen molar-refractivity contribution in [1.29, 1.82) is 0 Å². The summed E-state index contributed by atoms with van der Waals surface area (Å²) in [6.45, 7) is 7.63. The second-order valence-electron chi connectivity index (χ2n) is 10.5. The molecule has 1 N–H and O–H groups in total. The summed E-state index contributed by atoms with van der Waals surface area (Å²) in [5.74, 6) is 2.25. The van der Waals surface area contributed by atoms with Crippen molar-refractivity contribution in [1.82, 2.24) is 14.9 Å². The van der Waals surface area contributed by atoms with Crippen molar-refractivity contribution in [3.05, 3.63) is 53.7 Å². The predicted octanol–water partition coefficient (Wildman–Crippen LogP) is 3.68. The Hall–Kier alpha value is -3.40. The van der Waals surface area contributed by atoms with Gasteiger partial charge in [0, 0.05) is 55.7 Å². The first-order valence-electron chi connectivity index (χ1n) is 14.1. The maximum Gasteiger partial charge on any atom is 0.227 e. The molecule has 6 bridgehead atoms. The van der Waals surface area contributed by atoms with Crippen molar-refractivity contribution in [3.63, 3.8) is 0 Å². The molecule has 204 valence electrons. The summed E-state index contributed by atoms with van der Waals surface area (Å²) in [4.78, 5) is 14.6. The first-order valence-corrected chi connectivity index (χ1v) is 14.1. The monoisotopic (exact) mass is 529 g/mol. The van der Waals surface area contributed by atoms with E-state index in [2.05, 4.69) is 50.4 Å². The van der Waals surface area contributed by atoms with Crippen LogP contribution in [0.3, 0.4) is 0 Å². The normalized spacial score (nSPS) is 21.5. The smallest absolute Gasteiger partial charge is 0.227 e. The van der Waals surface area contributed by atoms with Crippen LogP contribution in [0.15, 0.2) is 42.6 Å². The predicted molar refractivity (Wildman–Crippen MR) is 149 cm³/mol. The largest absolute Gasteiger partial charge is 0.491 e. The number of anilines is 3. The molecule has 9 heteroatoms. The molecule has 4 heterocycles. The molecule has 7 rings (SSSR count). The Morgan fingerprint density at radius 2 is 1.67 bits per heavy atom. The molecule has 39 heavy (non-hydrogen) atoms. The van der Waals surface area contributed by atoms with E-state index in [1.165, 1.54) is 5.56 Å². The second-order valence-corrected chi connectivity index (χ2v) is 10.5. The Kier molecular flexibility index (Phi) is 6.94. The van der Waals surface area contributed by atoms with E-state index < -0.39 is 0 Å². The van der Waals surface area contributed by atoms with Gasteiger partial charge in [0.1, 0.15) is 24.7 Å². The second kappa shape index (κ2) is 11.0. The third-order valence-electron chi connectivity index (χ3n) is 8.13.